The van der Waals surface area contributed by atoms with E-state index in [1.807, 2.05) is 0 Å². The lowest BCUT2D eigenvalue weighted by molar-refractivity contribution is -0.149. The zero-order valence-corrected chi connectivity index (χ0v) is 12.7. The Hall–Kier alpha value is -1.59. The van der Waals surface area contributed by atoms with Crippen LogP contribution in [0.25, 0.3) is 0 Å². The molecule has 2 amide bonds. The highest BCUT2D eigenvalue weighted by Gasteiger charge is 2.40. The van der Waals surface area contributed by atoms with E-state index in [1.165, 1.54) is 0 Å². The maximum atomic E-state index is 11.9. The molecule has 3 N–H and O–H groups in total. The molecular weight excluding hydrogens is 272 g/mol. The largest absolute Gasteiger partial charge is 0.480 e. The summed E-state index contributed by atoms with van der Waals surface area (Å²) in [6.45, 7) is 1.90. The van der Waals surface area contributed by atoms with Gasteiger partial charge in [-0.3, -0.25) is 9.59 Å². The van der Waals surface area contributed by atoms with Crippen molar-refractivity contribution in [3.8, 4) is 0 Å². The third-order valence-electron chi connectivity index (χ3n) is 3.95. The van der Waals surface area contributed by atoms with E-state index in [-0.39, 0.29) is 12.5 Å². The lowest BCUT2D eigenvalue weighted by Crippen LogP contribution is -2.57. The van der Waals surface area contributed by atoms with Crippen LogP contribution in [0.3, 0.4) is 0 Å². The Morgan fingerprint density at radius 2 is 1.71 bits per heavy atom. The minimum absolute atomic E-state index is 0.153. The maximum Gasteiger partial charge on any atom is 0.329 e. The van der Waals surface area contributed by atoms with Crippen LogP contribution in [0, 0.1) is 0 Å². The zero-order valence-electron chi connectivity index (χ0n) is 12.7. The maximum absolute atomic E-state index is 11.9. The molecule has 0 radical (unpaired) electrons. The Balaban J connectivity index is 2.37. The average molecular weight is 298 g/mol. The van der Waals surface area contributed by atoms with Crippen molar-refractivity contribution in [1.29, 1.82) is 0 Å². The summed E-state index contributed by atoms with van der Waals surface area (Å²) >= 11 is 0. The Labute approximate surface area is 125 Å². The molecule has 0 bridgehead atoms. The Morgan fingerprint density at radius 1 is 1.05 bits per heavy atom. The summed E-state index contributed by atoms with van der Waals surface area (Å²) in [6.07, 6.45) is 6.76. The standard InChI is InChI=1S/C15H26N2O4/c1-2-3-5-8-12(18)16-11-13(19)17-15(14(20)21)9-6-4-7-10-15/h2-11H2,1H3,(H,16,18)(H,17,19)(H,20,21). The first-order chi connectivity index (χ1) is 10.00. The van der Waals surface area contributed by atoms with Gasteiger partial charge in [-0.2, -0.15) is 0 Å². The second-order valence-corrected chi connectivity index (χ2v) is 5.73. The third kappa shape index (κ3) is 5.73. The van der Waals surface area contributed by atoms with Gasteiger partial charge < -0.3 is 15.7 Å². The van der Waals surface area contributed by atoms with Gasteiger partial charge in [0.15, 0.2) is 0 Å². The topological polar surface area (TPSA) is 95.5 Å². The summed E-state index contributed by atoms with van der Waals surface area (Å²) in [5.41, 5.74) is -1.15. The van der Waals surface area contributed by atoms with Crippen LogP contribution in [0.2, 0.25) is 0 Å². The van der Waals surface area contributed by atoms with Crippen molar-refractivity contribution < 1.29 is 19.5 Å². The van der Waals surface area contributed by atoms with Crippen LogP contribution in [0.1, 0.15) is 64.7 Å². The fourth-order valence-electron chi connectivity index (χ4n) is 2.66. The molecular formula is C15H26N2O4. The van der Waals surface area contributed by atoms with Crippen LogP contribution < -0.4 is 10.6 Å². The first-order valence-corrected chi connectivity index (χ1v) is 7.81. The predicted molar refractivity (Wildman–Crippen MR) is 78.7 cm³/mol. The second-order valence-electron chi connectivity index (χ2n) is 5.73. The fourth-order valence-corrected chi connectivity index (χ4v) is 2.66. The van der Waals surface area contributed by atoms with Gasteiger partial charge in [-0.05, 0) is 19.3 Å². The van der Waals surface area contributed by atoms with E-state index in [0.717, 1.165) is 38.5 Å². The number of hydrogen-bond acceptors (Lipinski definition) is 3. The molecule has 21 heavy (non-hydrogen) atoms. The summed E-state index contributed by atoms with van der Waals surface area (Å²) in [5, 5.41) is 14.5. The molecule has 6 nitrogen and oxygen atoms in total. The van der Waals surface area contributed by atoms with Crippen molar-refractivity contribution in [2.24, 2.45) is 0 Å². The second kappa shape index (κ2) is 8.64. The molecule has 0 aromatic rings. The number of hydrogen-bond donors (Lipinski definition) is 3. The van der Waals surface area contributed by atoms with Crippen LogP contribution in [-0.2, 0) is 14.4 Å². The highest BCUT2D eigenvalue weighted by atomic mass is 16.4. The van der Waals surface area contributed by atoms with Crippen LogP contribution >= 0.6 is 0 Å². The quantitative estimate of drug-likeness (QED) is 0.593. The molecule has 0 atom stereocenters. The minimum Gasteiger partial charge on any atom is -0.480 e. The van der Waals surface area contributed by atoms with Gasteiger partial charge in [0, 0.05) is 6.42 Å². The van der Waals surface area contributed by atoms with Gasteiger partial charge in [0.05, 0.1) is 6.54 Å². The lowest BCUT2D eigenvalue weighted by atomic mass is 9.81. The molecule has 0 heterocycles. The summed E-state index contributed by atoms with van der Waals surface area (Å²) in [4.78, 5) is 34.8. The van der Waals surface area contributed by atoms with Crippen LogP contribution in [0.15, 0.2) is 0 Å². The third-order valence-corrected chi connectivity index (χ3v) is 3.95. The molecule has 0 aliphatic heterocycles. The first-order valence-electron chi connectivity index (χ1n) is 7.81. The molecule has 0 aromatic carbocycles. The lowest BCUT2D eigenvalue weighted by Gasteiger charge is -2.33. The normalized spacial score (nSPS) is 17.0. The molecule has 120 valence electrons. The molecule has 1 aliphatic carbocycles. The Kier molecular flexibility index (Phi) is 7.19. The predicted octanol–water partition coefficient (Wildman–Crippen LogP) is 1.59. The van der Waals surface area contributed by atoms with Gasteiger partial charge >= 0.3 is 5.97 Å². The number of carbonyl (C=O) groups is 3. The van der Waals surface area contributed by atoms with E-state index in [0.29, 0.717) is 19.3 Å². The molecule has 6 heteroatoms. The van der Waals surface area contributed by atoms with Crippen LogP contribution in [-0.4, -0.2) is 35.0 Å². The number of amides is 2. The van der Waals surface area contributed by atoms with E-state index in [9.17, 15) is 19.5 Å². The van der Waals surface area contributed by atoms with Gasteiger partial charge in [-0.25, -0.2) is 4.79 Å². The Morgan fingerprint density at radius 3 is 2.29 bits per heavy atom. The molecule has 1 saturated carbocycles. The average Bonchev–Trinajstić information content (AvgIpc) is 2.46. The summed E-state index contributed by atoms with van der Waals surface area (Å²) < 4.78 is 0. The number of carboxylic acids is 1. The first kappa shape index (κ1) is 17.5. The van der Waals surface area contributed by atoms with Crippen LogP contribution in [0.4, 0.5) is 0 Å². The van der Waals surface area contributed by atoms with Crippen molar-refractivity contribution in [2.75, 3.05) is 6.54 Å². The van der Waals surface area contributed by atoms with Crippen molar-refractivity contribution in [3.63, 3.8) is 0 Å². The van der Waals surface area contributed by atoms with E-state index < -0.39 is 17.4 Å². The number of carbonyl (C=O) groups excluding carboxylic acids is 2. The molecule has 0 aromatic heterocycles. The number of rotatable bonds is 8. The number of unbranched alkanes of at least 4 members (excludes halogenated alkanes) is 2. The SMILES string of the molecule is CCCCCC(=O)NCC(=O)NC1(C(=O)O)CCCCC1. The molecule has 1 aliphatic rings. The molecule has 0 saturated heterocycles. The monoisotopic (exact) mass is 298 g/mol. The Bertz CT molecular complexity index is 376. The molecule has 0 spiro atoms. The molecule has 0 unspecified atom stereocenters. The van der Waals surface area contributed by atoms with Crippen LogP contribution in [0.5, 0.6) is 0 Å². The molecule has 1 rings (SSSR count). The number of aliphatic carboxylic acids is 1. The van der Waals surface area contributed by atoms with E-state index in [1.54, 1.807) is 0 Å². The highest BCUT2D eigenvalue weighted by Crippen LogP contribution is 2.28. The summed E-state index contributed by atoms with van der Waals surface area (Å²) in [7, 11) is 0. The minimum atomic E-state index is -1.15. The van der Waals surface area contributed by atoms with Gasteiger partial charge in [-0.1, -0.05) is 39.0 Å². The summed E-state index contributed by atoms with van der Waals surface area (Å²) in [6, 6.07) is 0. The van der Waals surface area contributed by atoms with E-state index >= 15 is 0 Å². The van der Waals surface area contributed by atoms with E-state index in [2.05, 4.69) is 17.6 Å². The highest BCUT2D eigenvalue weighted by molar-refractivity contribution is 5.90. The van der Waals surface area contributed by atoms with Gasteiger partial charge in [0.25, 0.3) is 0 Å². The van der Waals surface area contributed by atoms with Crippen molar-refractivity contribution in [2.45, 2.75) is 70.3 Å². The van der Waals surface area contributed by atoms with Crippen molar-refractivity contribution in [3.05, 3.63) is 0 Å². The number of carboxylic acid groups (broad SMARTS) is 1. The van der Waals surface area contributed by atoms with Gasteiger partial charge in [0.1, 0.15) is 5.54 Å². The summed E-state index contributed by atoms with van der Waals surface area (Å²) in [5.74, 6) is -1.57. The number of nitrogens with one attached hydrogen (secondary N) is 2. The van der Waals surface area contributed by atoms with Crippen molar-refractivity contribution in [1.82, 2.24) is 10.6 Å². The fraction of sp³-hybridized carbons (Fsp3) is 0.800. The van der Waals surface area contributed by atoms with Gasteiger partial charge in [-0.15, -0.1) is 0 Å². The molecule has 1 fully saturated rings. The smallest absolute Gasteiger partial charge is 0.329 e. The van der Waals surface area contributed by atoms with Crippen molar-refractivity contribution >= 4 is 17.8 Å². The van der Waals surface area contributed by atoms with Gasteiger partial charge in [0.2, 0.25) is 11.8 Å². The van der Waals surface area contributed by atoms with E-state index in [4.69, 9.17) is 0 Å². The zero-order chi connectivity index (χ0) is 15.7.